The van der Waals surface area contributed by atoms with Gasteiger partial charge in [-0.25, -0.2) is 4.98 Å². The molecule has 0 spiro atoms. The van der Waals surface area contributed by atoms with Gasteiger partial charge in [-0.15, -0.1) is 0 Å². The molecule has 18 heavy (non-hydrogen) atoms. The third-order valence-corrected chi connectivity index (χ3v) is 2.92. The van der Waals surface area contributed by atoms with Crippen LogP contribution in [0.5, 0.6) is 5.75 Å². The number of pyridine rings is 1. The van der Waals surface area contributed by atoms with Crippen LogP contribution in [0.3, 0.4) is 0 Å². The smallest absolute Gasteiger partial charge is 0.138 e. The van der Waals surface area contributed by atoms with Crippen LogP contribution >= 0.6 is 0 Å². The first-order valence-electron chi connectivity index (χ1n) is 6.40. The number of nitrogens with one attached hydrogen (secondary N) is 1. The molecule has 1 heterocycles. The second kappa shape index (κ2) is 7.71. The van der Waals surface area contributed by atoms with Gasteiger partial charge in [0.15, 0.2) is 0 Å². The van der Waals surface area contributed by atoms with Gasteiger partial charge >= 0.3 is 0 Å². The van der Waals surface area contributed by atoms with Crippen molar-refractivity contribution in [2.45, 2.75) is 13.8 Å². The van der Waals surface area contributed by atoms with Crippen molar-refractivity contribution in [2.75, 3.05) is 38.6 Å². The molecule has 0 aliphatic carbocycles. The lowest BCUT2D eigenvalue weighted by Crippen LogP contribution is -2.27. The predicted octanol–water partition coefficient (Wildman–Crippen LogP) is 2.49. The van der Waals surface area contributed by atoms with Crippen LogP contribution in [-0.2, 0) is 0 Å². The molecule has 0 saturated carbocycles. The van der Waals surface area contributed by atoms with Gasteiger partial charge < -0.3 is 15.0 Å². The summed E-state index contributed by atoms with van der Waals surface area (Å²) in [4.78, 5) is 6.61. The van der Waals surface area contributed by atoms with E-state index in [2.05, 4.69) is 35.6 Å². The lowest BCUT2D eigenvalue weighted by Gasteiger charge is -2.18. The fourth-order valence-corrected chi connectivity index (χ4v) is 1.74. The van der Waals surface area contributed by atoms with Crippen molar-refractivity contribution in [3.63, 3.8) is 0 Å². The highest BCUT2D eigenvalue weighted by molar-refractivity contribution is 5.62. The van der Waals surface area contributed by atoms with E-state index in [9.17, 15) is 0 Å². The minimum absolute atomic E-state index is 0.679. The molecule has 4 heteroatoms. The maximum absolute atomic E-state index is 5.70. The molecule has 0 radical (unpaired) electrons. The second-order valence-electron chi connectivity index (χ2n) is 3.94. The van der Waals surface area contributed by atoms with Gasteiger partial charge in [0.2, 0.25) is 0 Å². The molecule has 0 saturated heterocycles. The molecular formula is C14H23N3O. The molecule has 1 aromatic heterocycles. The van der Waals surface area contributed by atoms with Crippen LogP contribution in [0.4, 0.5) is 5.82 Å². The molecule has 1 aromatic rings. The lowest BCUT2D eigenvalue weighted by molar-refractivity contribution is 0.222. The van der Waals surface area contributed by atoms with Crippen LogP contribution in [0.2, 0.25) is 0 Å². The zero-order chi connectivity index (χ0) is 13.4. The molecule has 4 nitrogen and oxygen atoms in total. The average molecular weight is 249 g/mol. The quantitative estimate of drug-likeness (QED) is 0.768. The number of hydrogen-bond acceptors (Lipinski definition) is 4. The van der Waals surface area contributed by atoms with Crippen LogP contribution in [0, 0.1) is 0 Å². The number of ether oxygens (including phenoxy) is 1. The Labute approximate surface area is 110 Å². The van der Waals surface area contributed by atoms with E-state index in [-0.39, 0.29) is 0 Å². The number of rotatable bonds is 8. The zero-order valence-electron chi connectivity index (χ0n) is 11.6. The summed E-state index contributed by atoms with van der Waals surface area (Å²) in [5.41, 5.74) is 0.956. The molecule has 0 atom stereocenters. The first-order chi connectivity index (χ1) is 8.74. The van der Waals surface area contributed by atoms with Crippen molar-refractivity contribution in [1.29, 1.82) is 0 Å². The van der Waals surface area contributed by atoms with Crippen molar-refractivity contribution in [1.82, 2.24) is 9.88 Å². The lowest BCUT2D eigenvalue weighted by atomic mass is 10.2. The van der Waals surface area contributed by atoms with Crippen molar-refractivity contribution in [3.8, 4) is 5.75 Å². The molecule has 0 aliphatic heterocycles. The summed E-state index contributed by atoms with van der Waals surface area (Å²) in [5, 5.41) is 3.02. The maximum atomic E-state index is 5.70. The van der Waals surface area contributed by atoms with Gasteiger partial charge in [0, 0.05) is 19.2 Å². The highest BCUT2D eigenvalue weighted by atomic mass is 16.5. The van der Waals surface area contributed by atoms with Crippen molar-refractivity contribution in [2.24, 2.45) is 0 Å². The van der Waals surface area contributed by atoms with Crippen molar-refractivity contribution < 1.29 is 4.74 Å². The van der Waals surface area contributed by atoms with Gasteiger partial charge in [-0.1, -0.05) is 26.5 Å². The Hall–Kier alpha value is -1.55. The summed E-state index contributed by atoms with van der Waals surface area (Å²) in [6, 6.07) is 1.95. The van der Waals surface area contributed by atoms with Gasteiger partial charge in [0.25, 0.3) is 0 Å². The number of anilines is 1. The predicted molar refractivity (Wildman–Crippen MR) is 77.2 cm³/mol. The SMILES string of the molecule is C=Cc1cc(OCCN(CC)CC)cnc1NC. The van der Waals surface area contributed by atoms with Crippen molar-refractivity contribution >= 4 is 11.9 Å². The van der Waals surface area contributed by atoms with Crippen LogP contribution in [-0.4, -0.2) is 43.2 Å². The molecule has 0 amide bonds. The monoisotopic (exact) mass is 249 g/mol. The minimum Gasteiger partial charge on any atom is -0.491 e. The molecule has 0 aromatic carbocycles. The summed E-state index contributed by atoms with van der Waals surface area (Å²) in [5.74, 6) is 1.61. The number of aromatic nitrogens is 1. The molecule has 100 valence electrons. The highest BCUT2D eigenvalue weighted by Gasteiger charge is 2.03. The summed E-state index contributed by atoms with van der Waals surface area (Å²) < 4.78 is 5.70. The Bertz CT molecular complexity index is 375. The number of nitrogens with zero attached hydrogens (tertiary/aromatic N) is 2. The summed E-state index contributed by atoms with van der Waals surface area (Å²) in [7, 11) is 1.84. The van der Waals surface area contributed by atoms with E-state index in [1.165, 1.54) is 0 Å². The first-order valence-corrected chi connectivity index (χ1v) is 6.40. The Morgan fingerprint density at radius 3 is 2.72 bits per heavy atom. The molecule has 1 rings (SSSR count). The van der Waals surface area contributed by atoms with E-state index in [1.807, 2.05) is 13.1 Å². The molecule has 1 N–H and O–H groups in total. The largest absolute Gasteiger partial charge is 0.491 e. The Kier molecular flexibility index (Phi) is 6.22. The van der Waals surface area contributed by atoms with Gasteiger partial charge in [0.05, 0.1) is 6.20 Å². The first kappa shape index (κ1) is 14.5. The minimum atomic E-state index is 0.679. The number of hydrogen-bond donors (Lipinski definition) is 1. The van der Waals surface area contributed by atoms with Crippen LogP contribution in [0.25, 0.3) is 6.08 Å². The fraction of sp³-hybridized carbons (Fsp3) is 0.500. The maximum Gasteiger partial charge on any atom is 0.138 e. The van der Waals surface area contributed by atoms with Gasteiger partial charge in [-0.3, -0.25) is 0 Å². The van der Waals surface area contributed by atoms with E-state index in [4.69, 9.17) is 4.74 Å². The molecule has 0 bridgehead atoms. The summed E-state index contributed by atoms with van der Waals surface area (Å²) in [6.07, 6.45) is 3.51. The van der Waals surface area contributed by atoms with E-state index >= 15 is 0 Å². The third-order valence-electron chi connectivity index (χ3n) is 2.92. The van der Waals surface area contributed by atoms with E-state index in [0.29, 0.717) is 6.61 Å². The average Bonchev–Trinajstić information content (AvgIpc) is 2.43. The zero-order valence-corrected chi connectivity index (χ0v) is 11.6. The van der Waals surface area contributed by atoms with E-state index in [0.717, 1.165) is 36.8 Å². The summed E-state index contributed by atoms with van der Waals surface area (Å²) in [6.45, 7) is 11.8. The van der Waals surface area contributed by atoms with E-state index < -0.39 is 0 Å². The molecule has 0 aliphatic rings. The van der Waals surface area contributed by atoms with Gasteiger partial charge in [-0.05, 0) is 19.2 Å². The van der Waals surface area contributed by atoms with Crippen LogP contribution in [0.15, 0.2) is 18.8 Å². The van der Waals surface area contributed by atoms with Crippen LogP contribution < -0.4 is 10.1 Å². The second-order valence-corrected chi connectivity index (χ2v) is 3.94. The third kappa shape index (κ3) is 4.04. The topological polar surface area (TPSA) is 37.4 Å². The van der Waals surface area contributed by atoms with Gasteiger partial charge in [-0.2, -0.15) is 0 Å². The normalized spacial score (nSPS) is 10.4. The molecule has 0 unspecified atom stereocenters. The molecule has 0 fully saturated rings. The standard InChI is InChI=1S/C14H23N3O/c1-5-12-10-13(11-16-14(12)15-4)18-9-8-17(6-2)7-3/h5,10-11H,1,6-9H2,2-4H3,(H,15,16). The Morgan fingerprint density at radius 1 is 1.44 bits per heavy atom. The Balaban J connectivity index is 2.55. The fourth-order valence-electron chi connectivity index (χ4n) is 1.74. The van der Waals surface area contributed by atoms with Crippen molar-refractivity contribution in [3.05, 3.63) is 24.4 Å². The van der Waals surface area contributed by atoms with E-state index in [1.54, 1.807) is 12.3 Å². The Morgan fingerprint density at radius 2 is 2.17 bits per heavy atom. The molecular weight excluding hydrogens is 226 g/mol. The van der Waals surface area contributed by atoms with Crippen LogP contribution in [0.1, 0.15) is 19.4 Å². The van der Waals surface area contributed by atoms with Gasteiger partial charge in [0.1, 0.15) is 18.2 Å². The highest BCUT2D eigenvalue weighted by Crippen LogP contribution is 2.19. The summed E-state index contributed by atoms with van der Waals surface area (Å²) >= 11 is 0. The number of likely N-dealkylation sites (N-methyl/N-ethyl adjacent to an activating group) is 1.